The van der Waals surface area contributed by atoms with Crippen LogP contribution in [0.4, 0.5) is 4.39 Å². The summed E-state index contributed by atoms with van der Waals surface area (Å²) in [6.07, 6.45) is 1.80. The summed E-state index contributed by atoms with van der Waals surface area (Å²) in [5.74, 6) is -0.00905. The average Bonchev–Trinajstić information content (AvgIpc) is 3.12. The number of para-hydroxylation sites is 1. The standard InChI is InChI=1S/C27H26FNO2/c1-27(2,3)19-12-14-20(15-13-19)31-17-16-29-18-23(21-8-5-7-11-25(21)29)26(30)22-9-4-6-10-24(22)28/h4-15,18H,16-17H2,1-3H3. The third-order valence-corrected chi connectivity index (χ3v) is 5.47. The van der Waals surface area contributed by atoms with Gasteiger partial charge in [-0.1, -0.05) is 63.2 Å². The molecule has 0 fully saturated rings. The monoisotopic (exact) mass is 415 g/mol. The number of aromatic nitrogens is 1. The predicted octanol–water partition coefficient (Wildman–Crippen LogP) is 6.39. The number of benzene rings is 3. The van der Waals surface area contributed by atoms with Gasteiger partial charge in [0.1, 0.15) is 18.2 Å². The molecule has 4 aromatic rings. The number of hydrogen-bond acceptors (Lipinski definition) is 2. The van der Waals surface area contributed by atoms with Crippen LogP contribution in [0.5, 0.6) is 5.75 Å². The Hall–Kier alpha value is -3.40. The number of ketones is 1. The quantitative estimate of drug-likeness (QED) is 0.342. The summed E-state index contributed by atoms with van der Waals surface area (Å²) < 4.78 is 22.1. The van der Waals surface area contributed by atoms with E-state index >= 15 is 0 Å². The minimum Gasteiger partial charge on any atom is -0.492 e. The van der Waals surface area contributed by atoms with Crippen LogP contribution in [-0.4, -0.2) is 17.0 Å². The van der Waals surface area contributed by atoms with Crippen LogP contribution in [0.15, 0.2) is 79.0 Å². The summed E-state index contributed by atoms with van der Waals surface area (Å²) in [4.78, 5) is 13.0. The molecular formula is C27H26FNO2. The zero-order valence-corrected chi connectivity index (χ0v) is 18.1. The number of nitrogens with zero attached hydrogens (tertiary/aromatic N) is 1. The lowest BCUT2D eigenvalue weighted by Gasteiger charge is -2.19. The van der Waals surface area contributed by atoms with Crippen molar-refractivity contribution in [2.24, 2.45) is 0 Å². The maximum absolute atomic E-state index is 14.2. The normalized spacial score (nSPS) is 11.6. The number of rotatable bonds is 6. The van der Waals surface area contributed by atoms with Crippen molar-refractivity contribution in [3.63, 3.8) is 0 Å². The molecule has 0 radical (unpaired) electrons. The number of halogens is 1. The maximum atomic E-state index is 14.2. The molecule has 1 heterocycles. The molecule has 0 saturated heterocycles. The Labute approximate surface area is 182 Å². The molecule has 0 unspecified atom stereocenters. The summed E-state index contributed by atoms with van der Waals surface area (Å²) in [5.41, 5.74) is 2.86. The van der Waals surface area contributed by atoms with Crippen molar-refractivity contribution in [2.45, 2.75) is 32.7 Å². The highest BCUT2D eigenvalue weighted by atomic mass is 19.1. The van der Waals surface area contributed by atoms with Crippen LogP contribution in [0, 0.1) is 5.82 Å². The van der Waals surface area contributed by atoms with E-state index in [2.05, 4.69) is 32.9 Å². The number of hydrogen-bond donors (Lipinski definition) is 0. The lowest BCUT2D eigenvalue weighted by Crippen LogP contribution is -2.11. The van der Waals surface area contributed by atoms with Gasteiger partial charge in [-0.05, 0) is 41.3 Å². The largest absolute Gasteiger partial charge is 0.492 e. The molecule has 0 spiro atoms. The van der Waals surface area contributed by atoms with Gasteiger partial charge in [0.2, 0.25) is 0 Å². The van der Waals surface area contributed by atoms with Crippen LogP contribution in [-0.2, 0) is 12.0 Å². The van der Waals surface area contributed by atoms with Crippen molar-refractivity contribution in [3.8, 4) is 5.75 Å². The van der Waals surface area contributed by atoms with E-state index in [4.69, 9.17) is 4.74 Å². The van der Waals surface area contributed by atoms with Crippen molar-refractivity contribution >= 4 is 16.7 Å². The van der Waals surface area contributed by atoms with E-state index in [9.17, 15) is 9.18 Å². The molecule has 0 aliphatic rings. The highest BCUT2D eigenvalue weighted by Crippen LogP contribution is 2.26. The van der Waals surface area contributed by atoms with Gasteiger partial charge in [0.25, 0.3) is 0 Å². The van der Waals surface area contributed by atoms with E-state index in [1.165, 1.54) is 17.7 Å². The molecule has 158 valence electrons. The van der Waals surface area contributed by atoms with E-state index in [-0.39, 0.29) is 16.8 Å². The van der Waals surface area contributed by atoms with E-state index in [0.717, 1.165) is 16.7 Å². The van der Waals surface area contributed by atoms with Gasteiger partial charge in [0.15, 0.2) is 5.78 Å². The third kappa shape index (κ3) is 4.38. The molecule has 0 aliphatic carbocycles. The van der Waals surface area contributed by atoms with Gasteiger partial charge in [-0.3, -0.25) is 4.79 Å². The molecule has 0 saturated carbocycles. The molecule has 3 nitrogen and oxygen atoms in total. The Morgan fingerprint density at radius 3 is 2.29 bits per heavy atom. The molecule has 0 amide bonds. The van der Waals surface area contributed by atoms with E-state index in [1.807, 2.05) is 41.0 Å². The second kappa shape index (κ2) is 8.38. The number of fused-ring (bicyclic) bond motifs is 1. The van der Waals surface area contributed by atoms with Crippen molar-refractivity contribution in [1.82, 2.24) is 4.57 Å². The Balaban J connectivity index is 1.54. The van der Waals surface area contributed by atoms with Crippen molar-refractivity contribution in [2.75, 3.05) is 6.61 Å². The third-order valence-electron chi connectivity index (χ3n) is 5.47. The molecule has 0 aliphatic heterocycles. The summed E-state index contributed by atoms with van der Waals surface area (Å²) in [6, 6.07) is 21.9. The fourth-order valence-electron chi connectivity index (χ4n) is 3.72. The van der Waals surface area contributed by atoms with Gasteiger partial charge < -0.3 is 9.30 Å². The predicted molar refractivity (Wildman–Crippen MR) is 122 cm³/mol. The second-order valence-corrected chi connectivity index (χ2v) is 8.69. The van der Waals surface area contributed by atoms with Gasteiger partial charge in [0.05, 0.1) is 12.1 Å². The number of carbonyl (C=O) groups is 1. The molecule has 31 heavy (non-hydrogen) atoms. The van der Waals surface area contributed by atoms with Gasteiger partial charge in [-0.25, -0.2) is 4.39 Å². The van der Waals surface area contributed by atoms with Crippen molar-refractivity contribution < 1.29 is 13.9 Å². The Morgan fingerprint density at radius 1 is 0.903 bits per heavy atom. The summed E-state index contributed by atoms with van der Waals surface area (Å²) in [6.45, 7) is 7.58. The fourth-order valence-corrected chi connectivity index (χ4v) is 3.72. The number of carbonyl (C=O) groups excluding carboxylic acids is 1. The number of ether oxygens (including phenoxy) is 1. The topological polar surface area (TPSA) is 31.2 Å². The first kappa shape index (κ1) is 20.9. The first-order valence-corrected chi connectivity index (χ1v) is 10.4. The average molecular weight is 416 g/mol. The van der Waals surface area contributed by atoms with Gasteiger partial charge in [-0.15, -0.1) is 0 Å². The summed E-state index contributed by atoms with van der Waals surface area (Å²) >= 11 is 0. The van der Waals surface area contributed by atoms with Crippen LogP contribution in [0.3, 0.4) is 0 Å². The van der Waals surface area contributed by atoms with Gasteiger partial charge in [0, 0.05) is 22.7 Å². The minimum absolute atomic E-state index is 0.0839. The smallest absolute Gasteiger partial charge is 0.198 e. The van der Waals surface area contributed by atoms with Crippen LogP contribution < -0.4 is 4.74 Å². The van der Waals surface area contributed by atoms with E-state index in [0.29, 0.717) is 18.7 Å². The van der Waals surface area contributed by atoms with Crippen LogP contribution in [0.25, 0.3) is 10.9 Å². The molecule has 1 aromatic heterocycles. The zero-order valence-electron chi connectivity index (χ0n) is 18.1. The zero-order chi connectivity index (χ0) is 22.0. The van der Waals surface area contributed by atoms with E-state index in [1.54, 1.807) is 18.3 Å². The van der Waals surface area contributed by atoms with Crippen molar-refractivity contribution in [1.29, 1.82) is 0 Å². The van der Waals surface area contributed by atoms with Gasteiger partial charge >= 0.3 is 0 Å². The first-order chi connectivity index (χ1) is 14.8. The molecule has 4 heteroatoms. The summed E-state index contributed by atoms with van der Waals surface area (Å²) in [7, 11) is 0. The molecular weight excluding hydrogens is 389 g/mol. The lowest BCUT2D eigenvalue weighted by molar-refractivity contribution is 0.103. The molecule has 0 N–H and O–H groups in total. The van der Waals surface area contributed by atoms with Crippen LogP contribution in [0.1, 0.15) is 42.3 Å². The van der Waals surface area contributed by atoms with Crippen LogP contribution in [0.2, 0.25) is 0 Å². The first-order valence-electron chi connectivity index (χ1n) is 10.4. The highest BCUT2D eigenvalue weighted by molar-refractivity contribution is 6.16. The lowest BCUT2D eigenvalue weighted by atomic mass is 9.87. The fraction of sp³-hybridized carbons (Fsp3) is 0.222. The minimum atomic E-state index is -0.508. The Morgan fingerprint density at radius 2 is 1.58 bits per heavy atom. The Bertz CT molecular complexity index is 1220. The SMILES string of the molecule is CC(C)(C)c1ccc(OCCn2cc(C(=O)c3ccccc3F)c3ccccc32)cc1. The summed E-state index contributed by atoms with van der Waals surface area (Å²) in [5, 5.41) is 0.810. The highest BCUT2D eigenvalue weighted by Gasteiger charge is 2.19. The molecule has 0 bridgehead atoms. The Kier molecular flexibility index (Phi) is 5.64. The molecule has 4 rings (SSSR count). The second-order valence-electron chi connectivity index (χ2n) is 8.69. The molecule has 0 atom stereocenters. The molecule has 3 aromatic carbocycles. The van der Waals surface area contributed by atoms with Crippen molar-refractivity contribution in [3.05, 3.63) is 102 Å². The van der Waals surface area contributed by atoms with E-state index < -0.39 is 5.82 Å². The van der Waals surface area contributed by atoms with Crippen LogP contribution >= 0.6 is 0 Å². The maximum Gasteiger partial charge on any atom is 0.198 e. The van der Waals surface area contributed by atoms with Gasteiger partial charge in [-0.2, -0.15) is 0 Å².